The first-order chi connectivity index (χ1) is 8.90. The summed E-state index contributed by atoms with van der Waals surface area (Å²) in [5, 5.41) is 20.0. The molecule has 0 saturated carbocycles. The Balaban J connectivity index is 2.32. The van der Waals surface area contributed by atoms with E-state index in [0.717, 1.165) is 11.1 Å². The molecule has 1 saturated heterocycles. The van der Waals surface area contributed by atoms with Crippen molar-refractivity contribution in [2.75, 3.05) is 0 Å². The Kier molecular flexibility index (Phi) is 4.11. The largest absolute Gasteiger partial charge is 0.458 e. The van der Waals surface area contributed by atoms with Gasteiger partial charge in [-0.15, -0.1) is 0 Å². The molecule has 1 fully saturated rings. The van der Waals surface area contributed by atoms with Gasteiger partial charge in [-0.05, 0) is 37.5 Å². The standard InChI is InChI=1S/C15H22O4/c1-8-4-5-11-10(3)15(18)19-14(11)6-9(2)13(17)7-12(8)16/h4,6,10-14,16-17H,5,7H2,1-3H3/b8-4-,9-6-/t10-,11-,12+,13-,14-/m0/s1. The number of fused-ring (bicyclic) bond motifs is 1. The minimum Gasteiger partial charge on any atom is -0.458 e. The summed E-state index contributed by atoms with van der Waals surface area (Å²) >= 11 is 0. The average molecular weight is 266 g/mol. The third-order valence-corrected chi connectivity index (χ3v) is 4.33. The molecular formula is C15H22O4. The fraction of sp³-hybridized carbons (Fsp3) is 0.667. The number of allylic oxidation sites excluding steroid dienone is 1. The number of aliphatic hydroxyl groups excluding tert-OH is 2. The average Bonchev–Trinajstić information content (AvgIpc) is 2.61. The lowest BCUT2D eigenvalue weighted by Crippen LogP contribution is -2.24. The normalized spacial score (nSPS) is 45.5. The topological polar surface area (TPSA) is 66.8 Å². The molecule has 0 bridgehead atoms. The van der Waals surface area contributed by atoms with Crippen LogP contribution in [0.3, 0.4) is 0 Å². The summed E-state index contributed by atoms with van der Waals surface area (Å²) in [6.07, 6.45) is 3.18. The van der Waals surface area contributed by atoms with Gasteiger partial charge in [-0.3, -0.25) is 4.79 Å². The quantitative estimate of drug-likeness (QED) is 0.516. The van der Waals surface area contributed by atoms with Crippen molar-refractivity contribution in [3.8, 4) is 0 Å². The van der Waals surface area contributed by atoms with Crippen molar-refractivity contribution in [2.24, 2.45) is 11.8 Å². The monoisotopic (exact) mass is 266 g/mol. The zero-order valence-corrected chi connectivity index (χ0v) is 11.7. The lowest BCUT2D eigenvalue weighted by atomic mass is 9.85. The van der Waals surface area contributed by atoms with Gasteiger partial charge in [-0.25, -0.2) is 0 Å². The second-order valence-corrected chi connectivity index (χ2v) is 5.72. The smallest absolute Gasteiger partial charge is 0.309 e. The van der Waals surface area contributed by atoms with Crippen molar-refractivity contribution in [2.45, 2.75) is 51.9 Å². The van der Waals surface area contributed by atoms with Gasteiger partial charge in [0.2, 0.25) is 0 Å². The van der Waals surface area contributed by atoms with Gasteiger partial charge < -0.3 is 14.9 Å². The molecule has 2 rings (SSSR count). The van der Waals surface area contributed by atoms with Crippen molar-refractivity contribution in [1.29, 1.82) is 0 Å². The number of aliphatic hydroxyl groups is 2. The Labute approximate surface area is 113 Å². The van der Waals surface area contributed by atoms with Crippen LogP contribution in [-0.4, -0.2) is 34.5 Å². The SMILES string of the molecule is C/C1=C/C[C@@H]2[C@H](/C=C(/C)[C@@H](O)C[C@H]1O)OC(=O)[C@H]2C. The number of hydrogen-bond donors (Lipinski definition) is 2. The summed E-state index contributed by atoms with van der Waals surface area (Å²) in [5.74, 6) is -0.249. The molecule has 0 aromatic heterocycles. The Morgan fingerprint density at radius 2 is 1.84 bits per heavy atom. The molecule has 1 aliphatic carbocycles. The zero-order chi connectivity index (χ0) is 14.2. The third kappa shape index (κ3) is 2.90. The van der Waals surface area contributed by atoms with Gasteiger partial charge in [0.05, 0.1) is 18.1 Å². The first-order valence-corrected chi connectivity index (χ1v) is 6.81. The number of ether oxygens (including phenoxy) is 1. The Morgan fingerprint density at radius 3 is 2.53 bits per heavy atom. The highest BCUT2D eigenvalue weighted by molar-refractivity contribution is 5.75. The Hall–Kier alpha value is -1.13. The van der Waals surface area contributed by atoms with Crippen LogP contribution in [-0.2, 0) is 9.53 Å². The maximum atomic E-state index is 11.7. The molecule has 0 amide bonds. The maximum Gasteiger partial charge on any atom is 0.309 e. The highest BCUT2D eigenvalue weighted by atomic mass is 16.6. The molecule has 0 unspecified atom stereocenters. The van der Waals surface area contributed by atoms with Crippen LogP contribution in [0.4, 0.5) is 0 Å². The molecule has 5 atom stereocenters. The van der Waals surface area contributed by atoms with E-state index in [1.165, 1.54) is 0 Å². The van der Waals surface area contributed by atoms with Gasteiger partial charge in [-0.1, -0.05) is 13.0 Å². The van der Waals surface area contributed by atoms with E-state index in [1.807, 2.05) is 32.9 Å². The first kappa shape index (κ1) is 14.3. The summed E-state index contributed by atoms with van der Waals surface area (Å²) in [6, 6.07) is 0. The predicted octanol–water partition coefficient (Wildman–Crippen LogP) is 1.57. The number of carbonyl (C=O) groups excluding carboxylic acids is 1. The van der Waals surface area contributed by atoms with E-state index in [0.29, 0.717) is 6.42 Å². The Morgan fingerprint density at radius 1 is 1.21 bits per heavy atom. The molecule has 1 aliphatic heterocycles. The summed E-state index contributed by atoms with van der Waals surface area (Å²) in [5.41, 5.74) is 1.60. The minimum absolute atomic E-state index is 0.0786. The zero-order valence-electron chi connectivity index (χ0n) is 11.7. The molecule has 0 aromatic rings. The summed E-state index contributed by atoms with van der Waals surface area (Å²) < 4.78 is 5.37. The van der Waals surface area contributed by atoms with E-state index in [-0.39, 0.29) is 30.3 Å². The lowest BCUT2D eigenvalue weighted by Gasteiger charge is -2.22. The number of esters is 1. The summed E-state index contributed by atoms with van der Waals surface area (Å²) in [7, 11) is 0. The fourth-order valence-electron chi connectivity index (χ4n) is 2.70. The molecule has 106 valence electrons. The third-order valence-electron chi connectivity index (χ3n) is 4.33. The Bertz CT molecular complexity index is 424. The second-order valence-electron chi connectivity index (χ2n) is 5.72. The van der Waals surface area contributed by atoms with Crippen LogP contribution >= 0.6 is 0 Å². The van der Waals surface area contributed by atoms with Gasteiger partial charge in [0, 0.05) is 12.3 Å². The summed E-state index contributed by atoms with van der Waals surface area (Å²) in [4.78, 5) is 11.7. The van der Waals surface area contributed by atoms with Gasteiger partial charge in [0.1, 0.15) is 6.10 Å². The lowest BCUT2D eigenvalue weighted by molar-refractivity contribution is -0.142. The van der Waals surface area contributed by atoms with E-state index in [2.05, 4.69) is 0 Å². The van der Waals surface area contributed by atoms with Crippen LogP contribution in [0.25, 0.3) is 0 Å². The highest BCUT2D eigenvalue weighted by Crippen LogP contribution is 2.34. The van der Waals surface area contributed by atoms with Crippen molar-refractivity contribution in [1.82, 2.24) is 0 Å². The van der Waals surface area contributed by atoms with Crippen molar-refractivity contribution >= 4 is 5.97 Å². The predicted molar refractivity (Wildman–Crippen MR) is 71.3 cm³/mol. The number of rotatable bonds is 0. The molecule has 0 aromatic carbocycles. The fourth-order valence-corrected chi connectivity index (χ4v) is 2.70. The van der Waals surface area contributed by atoms with Gasteiger partial charge in [0.25, 0.3) is 0 Å². The highest BCUT2D eigenvalue weighted by Gasteiger charge is 2.40. The van der Waals surface area contributed by atoms with Gasteiger partial charge in [-0.2, -0.15) is 0 Å². The number of hydrogen-bond acceptors (Lipinski definition) is 4. The van der Waals surface area contributed by atoms with Crippen molar-refractivity contribution in [3.63, 3.8) is 0 Å². The molecular weight excluding hydrogens is 244 g/mol. The van der Waals surface area contributed by atoms with Gasteiger partial charge in [0.15, 0.2) is 0 Å². The van der Waals surface area contributed by atoms with Crippen LogP contribution in [0, 0.1) is 11.8 Å². The van der Waals surface area contributed by atoms with E-state index in [1.54, 1.807) is 0 Å². The first-order valence-electron chi connectivity index (χ1n) is 6.81. The molecule has 4 nitrogen and oxygen atoms in total. The van der Waals surface area contributed by atoms with E-state index in [4.69, 9.17) is 4.74 Å². The van der Waals surface area contributed by atoms with Crippen molar-refractivity contribution < 1.29 is 19.7 Å². The van der Waals surface area contributed by atoms with E-state index < -0.39 is 12.2 Å². The molecule has 2 N–H and O–H groups in total. The minimum atomic E-state index is -0.702. The molecule has 1 heterocycles. The van der Waals surface area contributed by atoms with Crippen LogP contribution < -0.4 is 0 Å². The second kappa shape index (κ2) is 5.47. The van der Waals surface area contributed by atoms with Crippen LogP contribution in [0.1, 0.15) is 33.6 Å². The molecule has 19 heavy (non-hydrogen) atoms. The van der Waals surface area contributed by atoms with E-state index in [9.17, 15) is 15.0 Å². The molecule has 2 aliphatic rings. The van der Waals surface area contributed by atoms with Crippen LogP contribution in [0.5, 0.6) is 0 Å². The van der Waals surface area contributed by atoms with Crippen molar-refractivity contribution in [3.05, 3.63) is 23.3 Å². The molecule has 0 radical (unpaired) electrons. The summed E-state index contributed by atoms with van der Waals surface area (Å²) in [6.45, 7) is 5.54. The van der Waals surface area contributed by atoms with E-state index >= 15 is 0 Å². The molecule has 4 heteroatoms. The van der Waals surface area contributed by atoms with Gasteiger partial charge >= 0.3 is 5.97 Å². The van der Waals surface area contributed by atoms with Crippen LogP contribution in [0.2, 0.25) is 0 Å². The maximum absolute atomic E-state index is 11.7. The van der Waals surface area contributed by atoms with Crippen LogP contribution in [0.15, 0.2) is 23.3 Å². The molecule has 0 spiro atoms. The number of carbonyl (C=O) groups is 1.